The summed E-state index contributed by atoms with van der Waals surface area (Å²) in [7, 11) is 1.53. The summed E-state index contributed by atoms with van der Waals surface area (Å²) >= 11 is 0. The van der Waals surface area contributed by atoms with Crippen LogP contribution in [0.5, 0.6) is 11.5 Å². The molecule has 6 rings (SSSR count). The number of nitrogens with one attached hydrogen (secondary N) is 2. The molecule has 0 unspecified atom stereocenters. The molecule has 1 amide bonds. The van der Waals surface area contributed by atoms with E-state index in [1.807, 2.05) is 18.2 Å². The lowest BCUT2D eigenvalue weighted by Crippen LogP contribution is -2.24. The average Bonchev–Trinajstić information content (AvgIpc) is 2.96. The summed E-state index contributed by atoms with van der Waals surface area (Å²) in [5, 5.41) is 6.16. The van der Waals surface area contributed by atoms with Crippen molar-refractivity contribution in [3.8, 4) is 22.8 Å². The van der Waals surface area contributed by atoms with E-state index in [0.717, 1.165) is 24.1 Å². The Labute approximate surface area is 231 Å². The molecule has 6 bridgehead atoms. The lowest BCUT2D eigenvalue weighted by molar-refractivity contribution is 0.0945. The summed E-state index contributed by atoms with van der Waals surface area (Å²) in [5.41, 5.74) is 10.7. The van der Waals surface area contributed by atoms with E-state index in [2.05, 4.69) is 20.6 Å². The van der Waals surface area contributed by atoms with Crippen molar-refractivity contribution in [3.05, 3.63) is 89.4 Å². The summed E-state index contributed by atoms with van der Waals surface area (Å²) in [5.74, 6) is 0.962. The number of ether oxygens (including phenoxy) is 3. The quantitative estimate of drug-likeness (QED) is 0.299. The first-order valence-electron chi connectivity index (χ1n) is 12.9. The highest BCUT2D eigenvalue weighted by molar-refractivity contribution is 5.96. The van der Waals surface area contributed by atoms with Crippen molar-refractivity contribution in [1.29, 1.82) is 0 Å². The topological polar surface area (TPSA) is 121 Å². The zero-order valence-electron chi connectivity index (χ0n) is 22.1. The summed E-state index contributed by atoms with van der Waals surface area (Å²) < 4.78 is 31.2. The van der Waals surface area contributed by atoms with Gasteiger partial charge in [-0.3, -0.25) is 4.79 Å². The lowest BCUT2D eigenvalue weighted by atomic mass is 10.1. The number of carbonyl (C=O) groups excluding carboxylic acids is 1. The number of anilines is 3. The molecule has 0 saturated carbocycles. The number of benzene rings is 3. The molecule has 10 heteroatoms. The number of hydrogen-bond donors (Lipinski definition) is 3. The van der Waals surface area contributed by atoms with Crippen LogP contribution in [0.25, 0.3) is 11.3 Å². The van der Waals surface area contributed by atoms with Crippen LogP contribution >= 0.6 is 0 Å². The Morgan fingerprint density at radius 3 is 2.77 bits per heavy atom. The zero-order valence-corrected chi connectivity index (χ0v) is 22.1. The third-order valence-corrected chi connectivity index (χ3v) is 6.45. The number of halogens is 1. The molecule has 4 N–H and O–H groups in total. The fourth-order valence-electron chi connectivity index (χ4n) is 4.38. The standard InChI is InChI=1S/C30H30FN5O4/c1-38-27-8-5-22(31)14-20(27)18-40-28-9-6-23-15-21(28)17-39-13-3-2-11-33-29(37)19-4-7-24(25(32)16-19)26-10-12-34-30(35-23)36-26/h4-10,12,14-16H,2-3,11,13,17-18,32H2,1H3,(H,33,37)(H,34,35,36). The molecule has 0 atom stereocenters. The van der Waals surface area contributed by atoms with E-state index < -0.39 is 0 Å². The summed E-state index contributed by atoms with van der Waals surface area (Å²) in [4.78, 5) is 21.5. The number of nitrogen functional groups attached to an aromatic ring is 1. The second-order valence-corrected chi connectivity index (χ2v) is 9.28. The molecule has 3 heterocycles. The van der Waals surface area contributed by atoms with Gasteiger partial charge >= 0.3 is 0 Å². The third kappa shape index (κ3) is 6.47. The predicted octanol–water partition coefficient (Wildman–Crippen LogP) is 5.24. The molecule has 3 aromatic carbocycles. The lowest BCUT2D eigenvalue weighted by Gasteiger charge is -2.16. The van der Waals surface area contributed by atoms with Crippen LogP contribution in [0.2, 0.25) is 0 Å². The van der Waals surface area contributed by atoms with Gasteiger partial charge in [0.25, 0.3) is 5.91 Å². The van der Waals surface area contributed by atoms with Gasteiger partial charge in [-0.2, -0.15) is 0 Å². The molecule has 2 aliphatic heterocycles. The van der Waals surface area contributed by atoms with Crippen molar-refractivity contribution in [2.45, 2.75) is 26.1 Å². The minimum atomic E-state index is -0.367. The second kappa shape index (κ2) is 12.4. The Hall–Kier alpha value is -4.70. The molecule has 4 aromatic rings. The molecular formula is C30H30FN5O4. The van der Waals surface area contributed by atoms with E-state index in [1.54, 1.807) is 36.5 Å². The van der Waals surface area contributed by atoms with Gasteiger partial charge in [0.1, 0.15) is 23.9 Å². The highest BCUT2D eigenvalue weighted by atomic mass is 19.1. The first-order chi connectivity index (χ1) is 19.5. The van der Waals surface area contributed by atoms with Crippen LogP contribution < -0.4 is 25.8 Å². The van der Waals surface area contributed by atoms with E-state index in [1.165, 1.54) is 19.2 Å². The first-order valence-corrected chi connectivity index (χ1v) is 12.9. The molecule has 0 aliphatic carbocycles. The van der Waals surface area contributed by atoms with Gasteiger partial charge in [0.05, 0.1) is 19.4 Å². The fraction of sp³-hybridized carbons (Fsp3) is 0.233. The third-order valence-electron chi connectivity index (χ3n) is 6.45. The maximum absolute atomic E-state index is 13.8. The smallest absolute Gasteiger partial charge is 0.251 e. The minimum Gasteiger partial charge on any atom is -0.496 e. The number of nitrogens with two attached hydrogens (primary N) is 1. The van der Waals surface area contributed by atoms with Crippen LogP contribution in [0, 0.1) is 5.82 Å². The van der Waals surface area contributed by atoms with E-state index >= 15 is 0 Å². The van der Waals surface area contributed by atoms with Gasteiger partial charge in [-0.15, -0.1) is 0 Å². The van der Waals surface area contributed by atoms with Crippen molar-refractivity contribution in [3.63, 3.8) is 0 Å². The van der Waals surface area contributed by atoms with Crippen molar-refractivity contribution in [2.24, 2.45) is 0 Å². The van der Waals surface area contributed by atoms with Gasteiger partial charge in [-0.1, -0.05) is 0 Å². The SMILES string of the molecule is COc1ccc(F)cc1COc1ccc2cc1COCCCCNC(=O)c1ccc(c(N)c1)-c1ccnc(n1)N2. The molecule has 0 saturated heterocycles. The van der Waals surface area contributed by atoms with E-state index in [0.29, 0.717) is 65.3 Å². The van der Waals surface area contributed by atoms with Gasteiger partial charge in [-0.25, -0.2) is 14.4 Å². The number of methoxy groups -OCH3 is 1. The van der Waals surface area contributed by atoms with Crippen molar-refractivity contribution >= 4 is 23.2 Å². The number of nitrogens with zero attached hydrogens (tertiary/aromatic N) is 2. The van der Waals surface area contributed by atoms with Crippen LogP contribution in [0.4, 0.5) is 21.7 Å². The van der Waals surface area contributed by atoms with Crippen LogP contribution in [0.3, 0.4) is 0 Å². The Kier molecular flexibility index (Phi) is 8.36. The zero-order chi connectivity index (χ0) is 27.9. The molecule has 2 aliphatic rings. The number of rotatable bonds is 4. The van der Waals surface area contributed by atoms with Crippen molar-refractivity contribution in [2.75, 3.05) is 31.3 Å². The first kappa shape index (κ1) is 26.9. The van der Waals surface area contributed by atoms with Gasteiger partial charge in [0.2, 0.25) is 5.95 Å². The summed E-state index contributed by atoms with van der Waals surface area (Å²) in [6, 6.07) is 16.8. The largest absolute Gasteiger partial charge is 0.496 e. The number of hydrogen-bond acceptors (Lipinski definition) is 8. The van der Waals surface area contributed by atoms with Crippen molar-refractivity contribution in [1.82, 2.24) is 15.3 Å². The Morgan fingerprint density at radius 1 is 1.05 bits per heavy atom. The molecule has 0 radical (unpaired) electrons. The number of amides is 1. The van der Waals surface area contributed by atoms with Crippen LogP contribution in [-0.4, -0.2) is 36.1 Å². The van der Waals surface area contributed by atoms with E-state index in [-0.39, 0.29) is 18.3 Å². The predicted molar refractivity (Wildman–Crippen MR) is 150 cm³/mol. The van der Waals surface area contributed by atoms with Crippen molar-refractivity contribution < 1.29 is 23.4 Å². The molecule has 0 fully saturated rings. The molecule has 0 spiro atoms. The Morgan fingerprint density at radius 2 is 1.93 bits per heavy atom. The second-order valence-electron chi connectivity index (χ2n) is 9.28. The summed E-state index contributed by atoms with van der Waals surface area (Å²) in [6.07, 6.45) is 3.15. The number of fused-ring (bicyclic) bond motifs is 9. The van der Waals surface area contributed by atoms with Gasteiger partial charge in [0.15, 0.2) is 0 Å². The van der Waals surface area contributed by atoms with Crippen LogP contribution in [-0.2, 0) is 18.0 Å². The summed E-state index contributed by atoms with van der Waals surface area (Å²) in [6.45, 7) is 1.42. The minimum absolute atomic E-state index is 0.117. The average molecular weight is 544 g/mol. The number of carbonyl (C=O) groups is 1. The molecular weight excluding hydrogens is 513 g/mol. The Balaban J connectivity index is 1.43. The highest BCUT2D eigenvalue weighted by Crippen LogP contribution is 2.30. The molecule has 206 valence electrons. The fourth-order valence-corrected chi connectivity index (χ4v) is 4.38. The van der Waals surface area contributed by atoms with Crippen LogP contribution in [0.1, 0.15) is 34.3 Å². The maximum Gasteiger partial charge on any atom is 0.251 e. The highest BCUT2D eigenvalue weighted by Gasteiger charge is 2.13. The monoisotopic (exact) mass is 543 g/mol. The van der Waals surface area contributed by atoms with E-state index in [9.17, 15) is 9.18 Å². The van der Waals surface area contributed by atoms with Gasteiger partial charge in [-0.05, 0) is 73.5 Å². The molecule has 1 aromatic heterocycles. The van der Waals surface area contributed by atoms with E-state index in [4.69, 9.17) is 19.9 Å². The molecule has 40 heavy (non-hydrogen) atoms. The molecule has 9 nitrogen and oxygen atoms in total. The van der Waals surface area contributed by atoms with Gasteiger partial charge in [0, 0.05) is 53.0 Å². The number of aromatic nitrogens is 2. The Bertz CT molecular complexity index is 1510. The van der Waals surface area contributed by atoms with Crippen LogP contribution in [0.15, 0.2) is 66.9 Å². The van der Waals surface area contributed by atoms with Gasteiger partial charge < -0.3 is 30.6 Å². The normalized spacial score (nSPS) is 13.8. The maximum atomic E-state index is 13.8.